The number of morpholine rings is 1. The van der Waals surface area contributed by atoms with Gasteiger partial charge >= 0.3 is 6.03 Å². The van der Waals surface area contributed by atoms with Crippen LogP contribution in [0, 0.1) is 0 Å². The lowest BCUT2D eigenvalue weighted by Gasteiger charge is -2.38. The highest BCUT2D eigenvalue weighted by Crippen LogP contribution is 2.24. The molecule has 0 aromatic heterocycles. The molecule has 0 bridgehead atoms. The molecule has 5 heteroatoms. The molecule has 2 amide bonds. The summed E-state index contributed by atoms with van der Waals surface area (Å²) in [6.45, 7) is 6.83. The fourth-order valence-corrected chi connectivity index (χ4v) is 3.67. The predicted molar refractivity (Wildman–Crippen MR) is 97.7 cm³/mol. The first kappa shape index (κ1) is 18.2. The first-order valence-corrected chi connectivity index (χ1v) is 9.37. The summed E-state index contributed by atoms with van der Waals surface area (Å²) in [6.07, 6.45) is 3.79. The Morgan fingerprint density at radius 2 is 2.08 bits per heavy atom. The molecule has 1 aromatic carbocycles. The maximum absolute atomic E-state index is 12.6. The van der Waals surface area contributed by atoms with Crippen LogP contribution in [-0.4, -0.2) is 55.0 Å². The molecule has 5 nitrogen and oxygen atoms in total. The molecular formula is C20H30N2O3. The van der Waals surface area contributed by atoms with E-state index in [1.807, 2.05) is 11.0 Å². The van der Waals surface area contributed by atoms with Gasteiger partial charge in [0.25, 0.3) is 0 Å². The van der Waals surface area contributed by atoms with Crippen molar-refractivity contribution < 1.29 is 14.3 Å². The summed E-state index contributed by atoms with van der Waals surface area (Å²) in [7, 11) is 0. The number of rotatable bonds is 4. The Hall–Kier alpha value is -1.59. The number of carbonyl (C=O) groups excluding carboxylic acids is 1. The van der Waals surface area contributed by atoms with Crippen LogP contribution in [0.5, 0.6) is 0 Å². The SMILES string of the molecule is CC1(C)CC(NC(=O)N2CCOC(CCc3ccccc3)C2)CCO1. The zero-order valence-corrected chi connectivity index (χ0v) is 15.4. The number of hydrogen-bond acceptors (Lipinski definition) is 3. The van der Waals surface area contributed by atoms with Crippen LogP contribution in [0.4, 0.5) is 4.79 Å². The normalized spacial score (nSPS) is 26.2. The molecule has 0 spiro atoms. The molecule has 138 valence electrons. The third kappa shape index (κ3) is 5.44. The van der Waals surface area contributed by atoms with E-state index in [2.05, 4.69) is 43.4 Å². The molecule has 1 aromatic rings. The summed E-state index contributed by atoms with van der Waals surface area (Å²) in [5.74, 6) is 0. The van der Waals surface area contributed by atoms with E-state index in [-0.39, 0.29) is 23.8 Å². The summed E-state index contributed by atoms with van der Waals surface area (Å²) in [5.41, 5.74) is 1.16. The zero-order valence-electron chi connectivity index (χ0n) is 15.4. The summed E-state index contributed by atoms with van der Waals surface area (Å²) in [5, 5.41) is 3.19. The van der Waals surface area contributed by atoms with E-state index in [1.54, 1.807) is 0 Å². The highest BCUT2D eigenvalue weighted by Gasteiger charge is 2.31. The number of nitrogens with zero attached hydrogens (tertiary/aromatic N) is 1. The van der Waals surface area contributed by atoms with Crippen LogP contribution in [0.1, 0.15) is 38.7 Å². The van der Waals surface area contributed by atoms with Gasteiger partial charge in [-0.25, -0.2) is 4.79 Å². The molecule has 0 aliphatic carbocycles. The van der Waals surface area contributed by atoms with Gasteiger partial charge in [0.1, 0.15) is 0 Å². The summed E-state index contributed by atoms with van der Waals surface area (Å²) < 4.78 is 11.6. The van der Waals surface area contributed by atoms with Gasteiger partial charge in [-0.1, -0.05) is 30.3 Å². The highest BCUT2D eigenvalue weighted by molar-refractivity contribution is 5.74. The third-order valence-electron chi connectivity index (χ3n) is 5.05. The predicted octanol–water partition coefficient (Wildman–Crippen LogP) is 2.99. The number of nitrogens with one attached hydrogen (secondary N) is 1. The van der Waals surface area contributed by atoms with Crippen molar-refractivity contribution in [3.05, 3.63) is 35.9 Å². The van der Waals surface area contributed by atoms with Crippen molar-refractivity contribution in [3.63, 3.8) is 0 Å². The smallest absolute Gasteiger partial charge is 0.317 e. The Morgan fingerprint density at radius 1 is 1.28 bits per heavy atom. The second-order valence-corrected chi connectivity index (χ2v) is 7.71. The molecule has 2 atom stereocenters. The number of aryl methyl sites for hydroxylation is 1. The molecule has 2 aliphatic rings. The maximum atomic E-state index is 12.6. The van der Waals surface area contributed by atoms with Crippen molar-refractivity contribution in [2.24, 2.45) is 0 Å². The Kier molecular flexibility index (Phi) is 5.97. The van der Waals surface area contributed by atoms with Crippen LogP contribution in [0.2, 0.25) is 0 Å². The van der Waals surface area contributed by atoms with Crippen molar-refractivity contribution in [3.8, 4) is 0 Å². The lowest BCUT2D eigenvalue weighted by atomic mass is 9.94. The molecule has 2 aliphatic heterocycles. The van der Waals surface area contributed by atoms with Crippen molar-refractivity contribution in [2.75, 3.05) is 26.3 Å². The van der Waals surface area contributed by atoms with Gasteiger partial charge in [0, 0.05) is 25.7 Å². The second-order valence-electron chi connectivity index (χ2n) is 7.71. The lowest BCUT2D eigenvalue weighted by molar-refractivity contribution is -0.0626. The lowest BCUT2D eigenvalue weighted by Crippen LogP contribution is -2.54. The highest BCUT2D eigenvalue weighted by atomic mass is 16.5. The van der Waals surface area contributed by atoms with E-state index in [0.29, 0.717) is 26.3 Å². The van der Waals surface area contributed by atoms with Crippen LogP contribution in [-0.2, 0) is 15.9 Å². The molecular weight excluding hydrogens is 316 g/mol. The summed E-state index contributed by atoms with van der Waals surface area (Å²) >= 11 is 0. The molecule has 0 radical (unpaired) electrons. The zero-order chi connectivity index (χ0) is 17.7. The monoisotopic (exact) mass is 346 g/mol. The number of benzene rings is 1. The first-order valence-electron chi connectivity index (χ1n) is 9.37. The fourth-order valence-electron chi connectivity index (χ4n) is 3.67. The van der Waals surface area contributed by atoms with Gasteiger partial charge in [0.05, 0.1) is 18.3 Å². The van der Waals surface area contributed by atoms with Gasteiger partial charge in [-0.2, -0.15) is 0 Å². The van der Waals surface area contributed by atoms with Crippen molar-refractivity contribution in [1.82, 2.24) is 10.2 Å². The minimum atomic E-state index is -0.153. The van der Waals surface area contributed by atoms with Crippen LogP contribution >= 0.6 is 0 Å². The quantitative estimate of drug-likeness (QED) is 0.912. The van der Waals surface area contributed by atoms with Crippen molar-refractivity contribution in [1.29, 1.82) is 0 Å². The van der Waals surface area contributed by atoms with Crippen molar-refractivity contribution >= 4 is 6.03 Å². The van der Waals surface area contributed by atoms with Crippen LogP contribution in [0.15, 0.2) is 30.3 Å². The average molecular weight is 346 g/mol. The van der Waals surface area contributed by atoms with E-state index in [9.17, 15) is 4.79 Å². The van der Waals surface area contributed by atoms with E-state index >= 15 is 0 Å². The van der Waals surface area contributed by atoms with Gasteiger partial charge in [-0.05, 0) is 45.1 Å². The number of hydrogen-bond donors (Lipinski definition) is 1. The standard InChI is InChI=1S/C20H30N2O3/c1-20(2)14-17(10-12-25-20)21-19(23)22-11-13-24-18(15-22)9-8-16-6-4-3-5-7-16/h3-7,17-18H,8-15H2,1-2H3,(H,21,23). The van der Waals surface area contributed by atoms with Gasteiger partial charge in [0.2, 0.25) is 0 Å². The van der Waals surface area contributed by atoms with Gasteiger partial charge < -0.3 is 19.7 Å². The Morgan fingerprint density at radius 3 is 2.84 bits per heavy atom. The molecule has 2 unspecified atom stereocenters. The van der Waals surface area contributed by atoms with Crippen LogP contribution in [0.25, 0.3) is 0 Å². The second kappa shape index (κ2) is 8.19. The maximum Gasteiger partial charge on any atom is 0.317 e. The minimum Gasteiger partial charge on any atom is -0.375 e. The summed E-state index contributed by atoms with van der Waals surface area (Å²) in [6, 6.07) is 10.7. The van der Waals surface area contributed by atoms with Gasteiger partial charge in [-0.15, -0.1) is 0 Å². The van der Waals surface area contributed by atoms with E-state index < -0.39 is 0 Å². The molecule has 2 fully saturated rings. The molecule has 3 rings (SSSR count). The topological polar surface area (TPSA) is 50.8 Å². The molecule has 2 saturated heterocycles. The van der Waals surface area contributed by atoms with Gasteiger partial charge in [0.15, 0.2) is 0 Å². The minimum absolute atomic E-state index is 0.0377. The average Bonchev–Trinajstić information content (AvgIpc) is 2.60. The molecule has 25 heavy (non-hydrogen) atoms. The largest absolute Gasteiger partial charge is 0.375 e. The molecule has 0 saturated carbocycles. The van der Waals surface area contributed by atoms with E-state index in [1.165, 1.54) is 5.56 Å². The third-order valence-corrected chi connectivity index (χ3v) is 5.05. The fraction of sp³-hybridized carbons (Fsp3) is 0.650. The first-order chi connectivity index (χ1) is 12.0. The Bertz CT molecular complexity index is 561. The number of ether oxygens (including phenoxy) is 2. The van der Waals surface area contributed by atoms with E-state index in [0.717, 1.165) is 25.7 Å². The van der Waals surface area contributed by atoms with Crippen LogP contribution in [0.3, 0.4) is 0 Å². The van der Waals surface area contributed by atoms with Crippen LogP contribution < -0.4 is 5.32 Å². The van der Waals surface area contributed by atoms with E-state index in [4.69, 9.17) is 9.47 Å². The number of carbonyl (C=O) groups is 1. The number of urea groups is 1. The summed E-state index contributed by atoms with van der Waals surface area (Å²) in [4.78, 5) is 14.5. The Balaban J connectivity index is 1.46. The number of amides is 2. The van der Waals surface area contributed by atoms with Gasteiger partial charge in [-0.3, -0.25) is 0 Å². The Labute approximate surface area is 150 Å². The van der Waals surface area contributed by atoms with Crippen molar-refractivity contribution in [2.45, 2.75) is 57.3 Å². The molecule has 2 heterocycles. The molecule has 1 N–H and O–H groups in total.